The van der Waals surface area contributed by atoms with Crippen LogP contribution < -0.4 is 14.8 Å². The number of likely N-dealkylation sites (tertiary alicyclic amines) is 1. The second-order valence-corrected chi connectivity index (χ2v) is 8.50. The molecule has 7 nitrogen and oxygen atoms in total. The molecule has 1 spiro atoms. The van der Waals surface area contributed by atoms with Crippen LogP contribution in [0.4, 0.5) is 4.79 Å². The summed E-state index contributed by atoms with van der Waals surface area (Å²) in [6.07, 6.45) is 5.79. The van der Waals surface area contributed by atoms with Gasteiger partial charge in [-0.3, -0.25) is 9.69 Å². The number of amides is 3. The zero-order chi connectivity index (χ0) is 20.6. The maximum absolute atomic E-state index is 13.3. The minimum Gasteiger partial charge on any atom is -0.497 e. The molecular weight excluding hydrogens is 370 g/mol. The van der Waals surface area contributed by atoms with Crippen molar-refractivity contribution in [2.45, 2.75) is 57.0 Å². The molecule has 1 N–H and O–H groups in total. The quantitative estimate of drug-likeness (QED) is 0.767. The molecular formula is C22H31N3O4. The molecule has 3 aliphatic rings. The van der Waals surface area contributed by atoms with E-state index in [4.69, 9.17) is 9.47 Å². The molecule has 7 heteroatoms. The predicted molar refractivity (Wildman–Crippen MR) is 109 cm³/mol. The highest BCUT2D eigenvalue weighted by atomic mass is 16.5. The average molecular weight is 402 g/mol. The maximum Gasteiger partial charge on any atom is 0.326 e. The molecule has 1 aromatic rings. The van der Waals surface area contributed by atoms with Crippen molar-refractivity contribution < 1.29 is 19.1 Å². The monoisotopic (exact) mass is 401 g/mol. The van der Waals surface area contributed by atoms with Crippen LogP contribution in [0.25, 0.3) is 0 Å². The fourth-order valence-electron chi connectivity index (χ4n) is 5.25. The number of nitrogens with zero attached hydrogens (tertiary/aromatic N) is 2. The molecule has 4 rings (SSSR count). The molecule has 3 atom stereocenters. The van der Waals surface area contributed by atoms with Crippen LogP contribution in [-0.4, -0.2) is 54.7 Å². The van der Waals surface area contributed by atoms with Crippen LogP contribution in [0.5, 0.6) is 11.5 Å². The highest BCUT2D eigenvalue weighted by Gasteiger charge is 2.55. The summed E-state index contributed by atoms with van der Waals surface area (Å²) >= 11 is 0. The van der Waals surface area contributed by atoms with Crippen molar-refractivity contribution in [2.24, 2.45) is 5.92 Å². The van der Waals surface area contributed by atoms with E-state index in [0.29, 0.717) is 6.67 Å². The van der Waals surface area contributed by atoms with Crippen LogP contribution in [0.1, 0.15) is 57.1 Å². The SMILES string of the molecule is COc1ccc(OC)c(C2CCCN2CN2C(=O)NC3(CCCCC3C)C2=O)c1. The summed E-state index contributed by atoms with van der Waals surface area (Å²) in [5.41, 5.74) is 0.329. The Balaban J connectivity index is 1.56. The van der Waals surface area contributed by atoms with Gasteiger partial charge in [0, 0.05) is 18.2 Å². The molecule has 3 fully saturated rings. The zero-order valence-corrected chi connectivity index (χ0v) is 17.6. The number of nitrogens with one attached hydrogen (secondary N) is 1. The summed E-state index contributed by atoms with van der Waals surface area (Å²) in [4.78, 5) is 29.7. The van der Waals surface area contributed by atoms with Crippen LogP contribution in [0.2, 0.25) is 0 Å². The zero-order valence-electron chi connectivity index (χ0n) is 17.6. The number of ether oxygens (including phenoxy) is 2. The topological polar surface area (TPSA) is 71.1 Å². The second-order valence-electron chi connectivity index (χ2n) is 8.50. The van der Waals surface area contributed by atoms with Crippen LogP contribution in [0.3, 0.4) is 0 Å². The van der Waals surface area contributed by atoms with Gasteiger partial charge in [0.25, 0.3) is 5.91 Å². The molecule has 1 aromatic carbocycles. The average Bonchev–Trinajstić information content (AvgIpc) is 3.29. The Morgan fingerprint density at radius 2 is 1.97 bits per heavy atom. The molecule has 0 bridgehead atoms. The van der Waals surface area contributed by atoms with Gasteiger partial charge in [-0.05, 0) is 49.8 Å². The van der Waals surface area contributed by atoms with E-state index < -0.39 is 5.54 Å². The predicted octanol–water partition coefficient (Wildman–Crippen LogP) is 3.30. The molecule has 29 heavy (non-hydrogen) atoms. The van der Waals surface area contributed by atoms with Crippen LogP contribution >= 0.6 is 0 Å². The summed E-state index contributed by atoms with van der Waals surface area (Å²) in [6.45, 7) is 3.23. The van der Waals surface area contributed by atoms with Gasteiger partial charge in [0.1, 0.15) is 17.0 Å². The molecule has 2 heterocycles. The fourth-order valence-corrected chi connectivity index (χ4v) is 5.25. The highest BCUT2D eigenvalue weighted by Crippen LogP contribution is 2.41. The third-order valence-electron chi connectivity index (χ3n) is 6.98. The lowest BCUT2D eigenvalue weighted by Gasteiger charge is -2.37. The molecule has 2 saturated heterocycles. The Bertz CT molecular complexity index is 798. The van der Waals surface area contributed by atoms with Crippen LogP contribution in [0.15, 0.2) is 18.2 Å². The van der Waals surface area contributed by atoms with E-state index in [9.17, 15) is 9.59 Å². The van der Waals surface area contributed by atoms with Crippen molar-refractivity contribution in [3.05, 3.63) is 23.8 Å². The van der Waals surface area contributed by atoms with E-state index in [2.05, 4.69) is 17.1 Å². The maximum atomic E-state index is 13.3. The van der Waals surface area contributed by atoms with Gasteiger partial charge < -0.3 is 14.8 Å². The number of imide groups is 1. The van der Waals surface area contributed by atoms with Crippen molar-refractivity contribution in [1.29, 1.82) is 0 Å². The third-order valence-corrected chi connectivity index (χ3v) is 6.98. The number of hydrogen-bond donors (Lipinski definition) is 1. The van der Waals surface area contributed by atoms with Crippen molar-refractivity contribution >= 4 is 11.9 Å². The van der Waals surface area contributed by atoms with E-state index in [-0.39, 0.29) is 23.9 Å². The van der Waals surface area contributed by atoms with Gasteiger partial charge in [-0.15, -0.1) is 0 Å². The lowest BCUT2D eigenvalue weighted by atomic mass is 9.73. The van der Waals surface area contributed by atoms with Crippen molar-refractivity contribution in [3.63, 3.8) is 0 Å². The Morgan fingerprint density at radius 1 is 1.14 bits per heavy atom. The lowest BCUT2D eigenvalue weighted by Crippen LogP contribution is -2.54. The van der Waals surface area contributed by atoms with Gasteiger partial charge in [0.2, 0.25) is 0 Å². The Hall–Kier alpha value is -2.28. The van der Waals surface area contributed by atoms with E-state index in [1.807, 2.05) is 18.2 Å². The molecule has 3 unspecified atom stereocenters. The number of hydrogen-bond acceptors (Lipinski definition) is 5. The first-order valence-electron chi connectivity index (χ1n) is 10.6. The molecule has 0 aromatic heterocycles. The number of carbonyl (C=O) groups excluding carboxylic acids is 2. The summed E-state index contributed by atoms with van der Waals surface area (Å²) in [5.74, 6) is 1.69. The van der Waals surface area contributed by atoms with E-state index >= 15 is 0 Å². The lowest BCUT2D eigenvalue weighted by molar-refractivity contribution is -0.135. The summed E-state index contributed by atoms with van der Waals surface area (Å²) in [5, 5.41) is 3.05. The molecule has 2 aliphatic heterocycles. The molecule has 1 saturated carbocycles. The summed E-state index contributed by atoms with van der Waals surface area (Å²) in [6, 6.07) is 5.62. The van der Waals surface area contributed by atoms with Gasteiger partial charge in [-0.25, -0.2) is 9.69 Å². The molecule has 158 valence electrons. The van der Waals surface area contributed by atoms with Crippen molar-refractivity contribution in [1.82, 2.24) is 15.1 Å². The highest BCUT2D eigenvalue weighted by molar-refractivity contribution is 6.07. The van der Waals surface area contributed by atoms with Gasteiger partial charge >= 0.3 is 6.03 Å². The number of rotatable bonds is 5. The van der Waals surface area contributed by atoms with Gasteiger partial charge in [-0.2, -0.15) is 0 Å². The number of urea groups is 1. The number of benzene rings is 1. The van der Waals surface area contributed by atoms with E-state index in [1.165, 1.54) is 4.90 Å². The third kappa shape index (κ3) is 3.35. The van der Waals surface area contributed by atoms with E-state index in [1.54, 1.807) is 14.2 Å². The minimum atomic E-state index is -0.710. The van der Waals surface area contributed by atoms with E-state index in [0.717, 1.165) is 62.1 Å². The standard InChI is InChI=1S/C22H31N3O4/c1-15-7-4-5-11-22(15)20(26)25(21(27)23-22)14-24-12-6-8-18(24)17-13-16(28-2)9-10-19(17)29-3/h9-10,13,15,18H,4-8,11-12,14H2,1-3H3,(H,23,27). The summed E-state index contributed by atoms with van der Waals surface area (Å²) < 4.78 is 11.0. The first-order valence-corrected chi connectivity index (χ1v) is 10.6. The van der Waals surface area contributed by atoms with Gasteiger partial charge in [0.15, 0.2) is 0 Å². The van der Waals surface area contributed by atoms with Crippen molar-refractivity contribution in [2.75, 3.05) is 27.4 Å². The normalized spacial score (nSPS) is 30.1. The minimum absolute atomic E-state index is 0.0574. The fraction of sp³-hybridized carbons (Fsp3) is 0.636. The Labute approximate surface area is 172 Å². The van der Waals surface area contributed by atoms with Crippen LogP contribution in [-0.2, 0) is 4.79 Å². The first-order chi connectivity index (χ1) is 14.0. The Morgan fingerprint density at radius 3 is 2.69 bits per heavy atom. The van der Waals surface area contributed by atoms with Crippen molar-refractivity contribution in [3.8, 4) is 11.5 Å². The summed E-state index contributed by atoms with van der Waals surface area (Å²) in [7, 11) is 3.31. The number of carbonyl (C=O) groups is 2. The second kappa shape index (κ2) is 7.86. The molecule has 3 amide bonds. The molecule has 0 radical (unpaired) electrons. The smallest absolute Gasteiger partial charge is 0.326 e. The van der Waals surface area contributed by atoms with Crippen LogP contribution in [0, 0.1) is 5.92 Å². The molecule has 1 aliphatic carbocycles. The van der Waals surface area contributed by atoms with Gasteiger partial charge in [0.05, 0.1) is 20.9 Å². The first kappa shape index (κ1) is 20.0. The Kier molecular flexibility index (Phi) is 5.42. The largest absolute Gasteiger partial charge is 0.497 e. The van der Waals surface area contributed by atoms with Gasteiger partial charge in [-0.1, -0.05) is 19.8 Å². The number of methoxy groups -OCH3 is 2.